The summed E-state index contributed by atoms with van der Waals surface area (Å²) in [5, 5.41) is 1.86. The van der Waals surface area contributed by atoms with Gasteiger partial charge in [-0.05, 0) is 12.1 Å². The highest BCUT2D eigenvalue weighted by Gasteiger charge is 2.32. The van der Waals surface area contributed by atoms with Gasteiger partial charge < -0.3 is 5.32 Å². The highest BCUT2D eigenvalue weighted by Crippen LogP contribution is 2.34. The summed E-state index contributed by atoms with van der Waals surface area (Å²) in [5.74, 6) is 0. The molecule has 13 heavy (non-hydrogen) atoms. The summed E-state index contributed by atoms with van der Waals surface area (Å²) < 4.78 is 36.6. The number of alkyl halides is 3. The van der Waals surface area contributed by atoms with Crippen molar-refractivity contribution < 1.29 is 18.0 Å². The van der Waals surface area contributed by atoms with E-state index in [0.29, 0.717) is 0 Å². The normalized spacial score (nSPS) is 11.0. The Morgan fingerprint density at radius 1 is 1.23 bits per heavy atom. The van der Waals surface area contributed by atoms with Crippen LogP contribution in [0.25, 0.3) is 0 Å². The highest BCUT2D eigenvalue weighted by atomic mass is 19.4. The average Bonchev–Trinajstić information content (AvgIpc) is 2.04. The minimum Gasteiger partial charge on any atom is -0.317 e. The molecule has 0 unspecified atom stereocenters. The van der Waals surface area contributed by atoms with E-state index in [1.54, 1.807) is 0 Å². The summed E-state index contributed by atoms with van der Waals surface area (Å²) in [4.78, 5) is 9.85. The fourth-order valence-electron chi connectivity index (χ4n) is 0.894. The van der Waals surface area contributed by atoms with E-state index in [2.05, 4.69) is 0 Å². The van der Waals surface area contributed by atoms with Crippen molar-refractivity contribution in [3.8, 4) is 0 Å². The van der Waals surface area contributed by atoms with Crippen LogP contribution in [0.4, 0.5) is 18.9 Å². The second-order valence-electron chi connectivity index (χ2n) is 2.27. The molecule has 0 bridgehead atoms. The summed E-state index contributed by atoms with van der Waals surface area (Å²) in [6.07, 6.45) is -3.26. The van der Waals surface area contributed by atoms with E-state index in [4.69, 9.17) is 0 Å². The van der Waals surface area contributed by atoms with Gasteiger partial charge in [-0.1, -0.05) is 12.1 Å². The van der Waals surface area contributed by atoms with Crippen molar-refractivity contribution in [3.63, 3.8) is 0 Å². The Kier molecular flexibility index (Phi) is 2.55. The maximum Gasteiger partial charge on any atom is 0.418 e. The third-order valence-electron chi connectivity index (χ3n) is 1.42. The molecule has 0 fully saturated rings. The van der Waals surface area contributed by atoms with E-state index in [0.717, 1.165) is 12.1 Å². The Balaban J connectivity index is 3.11. The number of nitrogens with one attached hydrogen (secondary N) is 1. The van der Waals surface area contributed by atoms with Crippen LogP contribution in [0.1, 0.15) is 5.56 Å². The van der Waals surface area contributed by atoms with Crippen LogP contribution >= 0.6 is 0 Å². The van der Waals surface area contributed by atoms with Crippen molar-refractivity contribution in [1.29, 1.82) is 0 Å². The fourth-order valence-corrected chi connectivity index (χ4v) is 0.894. The molecule has 0 atom stereocenters. The maximum atomic E-state index is 12.2. The van der Waals surface area contributed by atoms with E-state index in [1.165, 1.54) is 18.5 Å². The molecule has 1 aromatic carbocycles. The number of rotatable bonds is 2. The van der Waals surface area contributed by atoms with Gasteiger partial charge in [-0.3, -0.25) is 4.79 Å². The molecule has 0 heterocycles. The second kappa shape index (κ2) is 3.47. The lowest BCUT2D eigenvalue weighted by atomic mass is 10.2. The van der Waals surface area contributed by atoms with Gasteiger partial charge in [0.2, 0.25) is 0 Å². The minimum atomic E-state index is -4.46. The van der Waals surface area contributed by atoms with Crippen LogP contribution in [-0.4, -0.2) is 6.41 Å². The molecular weight excluding hydrogens is 183 g/mol. The third-order valence-corrected chi connectivity index (χ3v) is 1.42. The molecule has 1 radical (unpaired) electrons. The van der Waals surface area contributed by atoms with Gasteiger partial charge in [0.1, 0.15) is 0 Å². The molecule has 1 rings (SSSR count). The van der Waals surface area contributed by atoms with Crippen LogP contribution in [0.3, 0.4) is 0 Å². The zero-order chi connectivity index (χ0) is 9.90. The average molecular weight is 188 g/mol. The molecule has 1 aromatic rings. The van der Waals surface area contributed by atoms with E-state index >= 15 is 0 Å². The summed E-state index contributed by atoms with van der Waals surface area (Å²) in [5.41, 5.74) is -1.16. The van der Waals surface area contributed by atoms with Crippen molar-refractivity contribution >= 4 is 12.1 Å². The quantitative estimate of drug-likeness (QED) is 0.708. The van der Waals surface area contributed by atoms with Crippen LogP contribution < -0.4 is 5.32 Å². The Hall–Kier alpha value is -1.52. The van der Waals surface area contributed by atoms with E-state index in [9.17, 15) is 18.0 Å². The first kappa shape index (κ1) is 9.57. The first-order chi connectivity index (χ1) is 6.05. The topological polar surface area (TPSA) is 29.1 Å². The molecule has 0 saturated carbocycles. The van der Waals surface area contributed by atoms with Gasteiger partial charge >= 0.3 is 12.6 Å². The van der Waals surface area contributed by atoms with Crippen LogP contribution in [0.15, 0.2) is 24.3 Å². The number of para-hydroxylation sites is 1. The Morgan fingerprint density at radius 2 is 1.85 bits per heavy atom. The smallest absolute Gasteiger partial charge is 0.317 e. The second-order valence-corrected chi connectivity index (χ2v) is 2.27. The molecule has 0 aliphatic rings. The van der Waals surface area contributed by atoms with E-state index in [1.807, 2.05) is 5.32 Å². The summed E-state index contributed by atoms with van der Waals surface area (Å²) >= 11 is 0. The Bertz CT molecular complexity index is 309. The number of benzene rings is 1. The number of carbonyl (C=O) groups excluding carboxylic acids is 1. The van der Waals surface area contributed by atoms with Gasteiger partial charge in [0.15, 0.2) is 0 Å². The van der Waals surface area contributed by atoms with Crippen molar-refractivity contribution in [2.45, 2.75) is 6.18 Å². The summed E-state index contributed by atoms with van der Waals surface area (Å²) in [7, 11) is 0. The van der Waals surface area contributed by atoms with Gasteiger partial charge in [-0.2, -0.15) is 13.2 Å². The number of hydrogen-bond donors (Lipinski definition) is 1. The van der Waals surface area contributed by atoms with Crippen molar-refractivity contribution in [1.82, 2.24) is 0 Å². The van der Waals surface area contributed by atoms with Gasteiger partial charge in [0.25, 0.3) is 0 Å². The highest BCUT2D eigenvalue weighted by molar-refractivity contribution is 5.74. The lowest BCUT2D eigenvalue weighted by molar-refractivity contribution is -0.136. The molecule has 1 N–H and O–H groups in total. The first-order valence-electron chi connectivity index (χ1n) is 3.35. The molecule has 0 aliphatic heterocycles. The molecule has 0 aromatic heterocycles. The van der Waals surface area contributed by atoms with Gasteiger partial charge in [-0.15, -0.1) is 0 Å². The Labute approximate surface area is 72.4 Å². The monoisotopic (exact) mass is 188 g/mol. The first-order valence-corrected chi connectivity index (χ1v) is 3.35. The van der Waals surface area contributed by atoms with E-state index < -0.39 is 11.7 Å². The lowest BCUT2D eigenvalue weighted by Crippen LogP contribution is -2.09. The molecule has 0 saturated heterocycles. The van der Waals surface area contributed by atoms with E-state index in [-0.39, 0.29) is 5.69 Å². The predicted molar refractivity (Wildman–Crippen MR) is 40.8 cm³/mol. The number of anilines is 1. The Morgan fingerprint density at radius 3 is 2.38 bits per heavy atom. The molecule has 2 nitrogen and oxygen atoms in total. The van der Waals surface area contributed by atoms with Crippen LogP contribution in [0.5, 0.6) is 0 Å². The van der Waals surface area contributed by atoms with Crippen molar-refractivity contribution in [3.05, 3.63) is 29.8 Å². The van der Waals surface area contributed by atoms with Crippen LogP contribution in [0.2, 0.25) is 0 Å². The maximum absolute atomic E-state index is 12.2. The fraction of sp³-hybridized carbons (Fsp3) is 0.125. The van der Waals surface area contributed by atoms with Crippen molar-refractivity contribution in [2.24, 2.45) is 0 Å². The lowest BCUT2D eigenvalue weighted by Gasteiger charge is -2.10. The molecule has 0 aliphatic carbocycles. The number of hydrogen-bond acceptors (Lipinski definition) is 1. The number of halogens is 3. The molecular formula is C8H5F3NO. The molecule has 5 heteroatoms. The SMILES string of the molecule is O=[C]Nc1ccccc1C(F)(F)F. The molecule has 0 spiro atoms. The van der Waals surface area contributed by atoms with Crippen LogP contribution in [-0.2, 0) is 11.0 Å². The molecule has 1 amide bonds. The zero-order valence-electron chi connectivity index (χ0n) is 6.35. The van der Waals surface area contributed by atoms with Gasteiger partial charge in [-0.25, -0.2) is 0 Å². The zero-order valence-corrected chi connectivity index (χ0v) is 6.35. The van der Waals surface area contributed by atoms with Gasteiger partial charge in [0, 0.05) is 0 Å². The largest absolute Gasteiger partial charge is 0.418 e. The third kappa shape index (κ3) is 2.21. The minimum absolute atomic E-state index is 0.287. The molecule has 69 valence electrons. The summed E-state index contributed by atoms with van der Waals surface area (Å²) in [6.45, 7) is 0. The number of amides is 1. The standard InChI is InChI=1S/C8H5F3NO/c9-8(10,11)6-3-1-2-4-7(6)12-5-13/h1-4H,(H,12,13). The predicted octanol–water partition coefficient (Wildman–Crippen LogP) is 2.18. The summed E-state index contributed by atoms with van der Waals surface area (Å²) in [6, 6.07) is 4.70. The van der Waals surface area contributed by atoms with Gasteiger partial charge in [0.05, 0.1) is 11.3 Å². The van der Waals surface area contributed by atoms with Crippen molar-refractivity contribution in [2.75, 3.05) is 5.32 Å². The van der Waals surface area contributed by atoms with Crippen LogP contribution in [0, 0.1) is 0 Å².